The number of ether oxygens (including phenoxy) is 2. The third-order valence-corrected chi connectivity index (χ3v) is 2.20. The lowest BCUT2D eigenvalue weighted by Crippen LogP contribution is -2.32. The summed E-state index contributed by atoms with van der Waals surface area (Å²) in [6.07, 6.45) is -2.96. The van der Waals surface area contributed by atoms with E-state index in [1.54, 1.807) is 6.92 Å². The SMILES string of the molecule is CCOC(=O)c1cnc(COCC(F)(F)C(F)F)[nH]c1=O. The number of H-pyrrole nitrogens is 1. The van der Waals surface area contributed by atoms with Crippen LogP contribution in [0.1, 0.15) is 23.1 Å². The number of aromatic nitrogens is 2. The molecule has 0 aliphatic heterocycles. The first-order valence-corrected chi connectivity index (χ1v) is 5.77. The molecule has 0 atom stereocenters. The summed E-state index contributed by atoms with van der Waals surface area (Å²) in [5.41, 5.74) is -1.21. The van der Waals surface area contributed by atoms with Crippen molar-refractivity contribution in [3.8, 4) is 0 Å². The molecule has 0 bridgehead atoms. The highest BCUT2D eigenvalue weighted by Crippen LogP contribution is 2.23. The molecule has 0 aliphatic rings. The van der Waals surface area contributed by atoms with Gasteiger partial charge in [-0.1, -0.05) is 0 Å². The summed E-state index contributed by atoms with van der Waals surface area (Å²) in [5.74, 6) is -5.35. The van der Waals surface area contributed by atoms with Gasteiger partial charge in [-0.25, -0.2) is 18.6 Å². The zero-order valence-corrected chi connectivity index (χ0v) is 10.9. The molecule has 118 valence electrons. The van der Waals surface area contributed by atoms with E-state index in [-0.39, 0.29) is 18.0 Å². The Balaban J connectivity index is 2.65. The monoisotopic (exact) mass is 312 g/mol. The van der Waals surface area contributed by atoms with E-state index >= 15 is 0 Å². The third-order valence-electron chi connectivity index (χ3n) is 2.20. The van der Waals surface area contributed by atoms with Crippen molar-refractivity contribution in [2.45, 2.75) is 25.9 Å². The molecule has 1 heterocycles. The van der Waals surface area contributed by atoms with E-state index in [0.717, 1.165) is 6.20 Å². The quantitative estimate of drug-likeness (QED) is 0.607. The number of aromatic amines is 1. The van der Waals surface area contributed by atoms with Crippen LogP contribution in [0.5, 0.6) is 0 Å². The van der Waals surface area contributed by atoms with Crippen LogP contribution in [-0.4, -0.2) is 41.5 Å². The van der Waals surface area contributed by atoms with Crippen molar-refractivity contribution >= 4 is 5.97 Å². The Hall–Kier alpha value is -1.97. The van der Waals surface area contributed by atoms with Crippen molar-refractivity contribution < 1.29 is 31.8 Å². The van der Waals surface area contributed by atoms with Crippen LogP contribution >= 0.6 is 0 Å². The van der Waals surface area contributed by atoms with E-state index in [1.165, 1.54) is 0 Å². The summed E-state index contributed by atoms with van der Waals surface area (Å²) in [7, 11) is 0. The van der Waals surface area contributed by atoms with E-state index in [9.17, 15) is 27.2 Å². The van der Waals surface area contributed by atoms with E-state index in [4.69, 9.17) is 0 Å². The highest BCUT2D eigenvalue weighted by molar-refractivity contribution is 5.88. The number of carbonyl (C=O) groups is 1. The number of esters is 1. The van der Waals surface area contributed by atoms with Crippen LogP contribution in [0.15, 0.2) is 11.0 Å². The number of carbonyl (C=O) groups excluding carboxylic acids is 1. The van der Waals surface area contributed by atoms with Gasteiger partial charge in [0.05, 0.1) is 6.61 Å². The minimum atomic E-state index is -4.29. The molecule has 1 aromatic heterocycles. The summed E-state index contributed by atoms with van der Waals surface area (Å²) in [6.45, 7) is -0.522. The lowest BCUT2D eigenvalue weighted by atomic mass is 10.3. The van der Waals surface area contributed by atoms with E-state index in [2.05, 4.69) is 19.4 Å². The summed E-state index contributed by atoms with van der Waals surface area (Å²) < 4.78 is 57.8. The molecule has 0 saturated carbocycles. The van der Waals surface area contributed by atoms with Gasteiger partial charge in [0.15, 0.2) is 0 Å². The fourth-order valence-corrected chi connectivity index (χ4v) is 1.21. The van der Waals surface area contributed by atoms with E-state index in [0.29, 0.717) is 0 Å². The molecule has 0 fully saturated rings. The number of rotatable bonds is 7. The lowest BCUT2D eigenvalue weighted by Gasteiger charge is -2.14. The van der Waals surface area contributed by atoms with Crippen LogP contribution in [0.4, 0.5) is 17.6 Å². The number of alkyl halides is 4. The Morgan fingerprint density at radius 3 is 2.67 bits per heavy atom. The predicted octanol–water partition coefficient (Wildman–Crippen LogP) is 1.36. The van der Waals surface area contributed by atoms with Crippen LogP contribution in [0.3, 0.4) is 0 Å². The molecular formula is C11H12F4N2O4. The average molecular weight is 312 g/mol. The molecule has 0 radical (unpaired) electrons. The number of nitrogens with one attached hydrogen (secondary N) is 1. The predicted molar refractivity (Wildman–Crippen MR) is 61.4 cm³/mol. The molecule has 0 unspecified atom stereocenters. The van der Waals surface area contributed by atoms with Crippen molar-refractivity contribution in [3.05, 3.63) is 27.9 Å². The van der Waals surface area contributed by atoms with Gasteiger partial charge in [-0.05, 0) is 6.92 Å². The fourth-order valence-electron chi connectivity index (χ4n) is 1.21. The fraction of sp³-hybridized carbons (Fsp3) is 0.545. The molecule has 0 aromatic carbocycles. The maximum absolute atomic E-state index is 12.6. The number of nitrogens with zero attached hydrogens (tertiary/aromatic N) is 1. The van der Waals surface area contributed by atoms with Crippen molar-refractivity contribution in [2.24, 2.45) is 0 Å². The largest absolute Gasteiger partial charge is 0.462 e. The van der Waals surface area contributed by atoms with Crippen molar-refractivity contribution in [2.75, 3.05) is 13.2 Å². The van der Waals surface area contributed by atoms with Gasteiger partial charge >= 0.3 is 18.3 Å². The first kappa shape index (κ1) is 17.1. The van der Waals surface area contributed by atoms with Gasteiger partial charge in [0.1, 0.15) is 24.6 Å². The summed E-state index contributed by atoms with van der Waals surface area (Å²) in [5, 5.41) is 0. The zero-order chi connectivity index (χ0) is 16.0. The highest BCUT2D eigenvalue weighted by atomic mass is 19.3. The Bertz CT molecular complexity index is 547. The molecule has 0 saturated heterocycles. The van der Waals surface area contributed by atoms with Crippen LogP contribution in [0.25, 0.3) is 0 Å². The molecule has 0 spiro atoms. The van der Waals surface area contributed by atoms with Crippen LogP contribution in [0.2, 0.25) is 0 Å². The van der Waals surface area contributed by atoms with Crippen molar-refractivity contribution in [1.82, 2.24) is 9.97 Å². The lowest BCUT2D eigenvalue weighted by molar-refractivity contribution is -0.168. The maximum Gasteiger partial charge on any atom is 0.345 e. The standard InChI is InChI=1S/C11H12F4N2O4/c1-2-21-9(19)6-3-16-7(17-8(6)18)4-20-5-11(14,15)10(12)13/h3,10H,2,4-5H2,1H3,(H,16,17,18). The third kappa shape index (κ3) is 4.81. The van der Waals surface area contributed by atoms with Gasteiger partial charge in [0.25, 0.3) is 5.56 Å². The molecule has 21 heavy (non-hydrogen) atoms. The Morgan fingerprint density at radius 1 is 1.48 bits per heavy atom. The smallest absolute Gasteiger partial charge is 0.345 e. The van der Waals surface area contributed by atoms with Crippen molar-refractivity contribution in [1.29, 1.82) is 0 Å². The zero-order valence-electron chi connectivity index (χ0n) is 10.9. The van der Waals surface area contributed by atoms with Crippen LogP contribution in [-0.2, 0) is 16.1 Å². The van der Waals surface area contributed by atoms with Crippen LogP contribution in [0, 0.1) is 0 Å². The normalized spacial score (nSPS) is 11.7. The van der Waals surface area contributed by atoms with E-state index in [1.807, 2.05) is 0 Å². The number of hydrogen-bond acceptors (Lipinski definition) is 5. The molecule has 0 aliphatic carbocycles. The van der Waals surface area contributed by atoms with Gasteiger partial charge in [0.2, 0.25) is 0 Å². The van der Waals surface area contributed by atoms with Crippen LogP contribution < -0.4 is 5.56 Å². The van der Waals surface area contributed by atoms with Gasteiger partial charge in [-0.3, -0.25) is 4.79 Å². The van der Waals surface area contributed by atoms with E-state index < -0.39 is 37.1 Å². The Kier molecular flexibility index (Phi) is 5.82. The summed E-state index contributed by atoms with van der Waals surface area (Å²) in [6, 6.07) is 0. The molecule has 0 amide bonds. The van der Waals surface area contributed by atoms with Gasteiger partial charge in [-0.2, -0.15) is 8.78 Å². The maximum atomic E-state index is 12.6. The first-order chi connectivity index (χ1) is 9.77. The van der Waals surface area contributed by atoms with Gasteiger partial charge in [-0.15, -0.1) is 0 Å². The molecule has 6 nitrogen and oxygen atoms in total. The minimum Gasteiger partial charge on any atom is -0.462 e. The minimum absolute atomic E-state index is 0.0614. The van der Waals surface area contributed by atoms with Gasteiger partial charge in [0, 0.05) is 6.20 Å². The second kappa shape index (κ2) is 7.16. The summed E-state index contributed by atoms with van der Waals surface area (Å²) in [4.78, 5) is 28.5. The summed E-state index contributed by atoms with van der Waals surface area (Å²) >= 11 is 0. The van der Waals surface area contributed by atoms with Gasteiger partial charge < -0.3 is 14.5 Å². The Labute approximate surface area is 116 Å². The molecule has 1 aromatic rings. The number of hydrogen-bond donors (Lipinski definition) is 1. The average Bonchev–Trinajstić information content (AvgIpc) is 2.38. The molecule has 1 N–H and O–H groups in total. The first-order valence-electron chi connectivity index (χ1n) is 5.77. The van der Waals surface area contributed by atoms with Crippen molar-refractivity contribution in [3.63, 3.8) is 0 Å². The topological polar surface area (TPSA) is 81.3 Å². The second-order valence-corrected chi connectivity index (χ2v) is 3.85. The molecule has 1 rings (SSSR count). The molecule has 10 heteroatoms. The second-order valence-electron chi connectivity index (χ2n) is 3.85. The molecular weight excluding hydrogens is 300 g/mol. The number of halogens is 4. The Morgan fingerprint density at radius 2 is 2.14 bits per heavy atom. The highest BCUT2D eigenvalue weighted by Gasteiger charge is 2.40.